The van der Waals surface area contributed by atoms with Crippen molar-refractivity contribution < 1.29 is 9.32 Å². The second kappa shape index (κ2) is 6.12. The van der Waals surface area contributed by atoms with Gasteiger partial charge in [0.1, 0.15) is 0 Å². The first-order chi connectivity index (χ1) is 9.04. The number of piperazine rings is 1. The maximum atomic E-state index is 11.9. The van der Waals surface area contributed by atoms with E-state index in [0.29, 0.717) is 24.7 Å². The minimum absolute atomic E-state index is 0.0761. The summed E-state index contributed by atoms with van der Waals surface area (Å²) in [6.45, 7) is 7.45. The Labute approximate surface area is 112 Å². The van der Waals surface area contributed by atoms with Gasteiger partial charge in [-0.25, -0.2) is 0 Å². The maximum absolute atomic E-state index is 11.9. The van der Waals surface area contributed by atoms with Crippen LogP contribution in [0.2, 0.25) is 0 Å². The fraction of sp³-hybridized carbons (Fsp3) is 0.750. The lowest BCUT2D eigenvalue weighted by molar-refractivity contribution is -0.133. The maximum Gasteiger partial charge on any atom is 0.224 e. The monoisotopic (exact) mass is 267 g/mol. The van der Waals surface area contributed by atoms with Gasteiger partial charge < -0.3 is 15.2 Å². The molecule has 0 unspecified atom stereocenters. The van der Waals surface area contributed by atoms with Crippen LogP contribution in [-0.2, 0) is 11.3 Å². The predicted octanol–water partition coefficient (Wildman–Crippen LogP) is -0.240. The van der Waals surface area contributed by atoms with Crippen molar-refractivity contribution in [3.05, 3.63) is 11.7 Å². The minimum Gasteiger partial charge on any atom is -0.340 e. The molecular formula is C12H21N5O2. The van der Waals surface area contributed by atoms with Crippen LogP contribution in [0, 0.1) is 6.92 Å². The molecule has 0 spiro atoms. The standard InChI is InChI=1S/C12H21N5O2/c1-9(13)7-12(18)17-5-3-16(4-6-17)8-11-14-10(2)19-15-11/h9H,3-8,13H2,1-2H3/t9-/m0/s1. The van der Waals surface area contributed by atoms with E-state index in [2.05, 4.69) is 15.0 Å². The van der Waals surface area contributed by atoms with Gasteiger partial charge in [-0.1, -0.05) is 5.16 Å². The summed E-state index contributed by atoms with van der Waals surface area (Å²) >= 11 is 0. The van der Waals surface area contributed by atoms with Crippen LogP contribution in [0.5, 0.6) is 0 Å². The van der Waals surface area contributed by atoms with Gasteiger partial charge in [0.25, 0.3) is 0 Å². The quantitative estimate of drug-likeness (QED) is 0.810. The van der Waals surface area contributed by atoms with Gasteiger partial charge in [-0.05, 0) is 6.92 Å². The van der Waals surface area contributed by atoms with E-state index in [1.807, 2.05) is 11.8 Å². The molecule has 1 aromatic rings. The largest absolute Gasteiger partial charge is 0.340 e. The number of rotatable bonds is 4. The molecule has 1 amide bonds. The molecule has 1 saturated heterocycles. The third-order valence-electron chi connectivity index (χ3n) is 3.16. The van der Waals surface area contributed by atoms with Crippen molar-refractivity contribution in [1.29, 1.82) is 0 Å². The van der Waals surface area contributed by atoms with Crippen LogP contribution in [0.1, 0.15) is 25.1 Å². The highest BCUT2D eigenvalue weighted by Gasteiger charge is 2.22. The number of amides is 1. The number of aryl methyl sites for hydroxylation is 1. The third kappa shape index (κ3) is 4.00. The molecule has 7 heteroatoms. The van der Waals surface area contributed by atoms with Crippen LogP contribution in [-0.4, -0.2) is 58.1 Å². The Hall–Kier alpha value is -1.47. The van der Waals surface area contributed by atoms with Crippen LogP contribution in [0.4, 0.5) is 0 Å². The highest BCUT2D eigenvalue weighted by molar-refractivity contribution is 5.76. The Morgan fingerprint density at radius 3 is 2.63 bits per heavy atom. The molecule has 0 aliphatic carbocycles. The van der Waals surface area contributed by atoms with Gasteiger partial charge in [0, 0.05) is 45.6 Å². The van der Waals surface area contributed by atoms with Crippen LogP contribution in [0.25, 0.3) is 0 Å². The minimum atomic E-state index is -0.0761. The molecule has 1 aliphatic rings. The van der Waals surface area contributed by atoms with E-state index in [0.717, 1.165) is 26.2 Å². The number of carbonyl (C=O) groups is 1. The van der Waals surface area contributed by atoms with Crippen molar-refractivity contribution in [2.24, 2.45) is 5.73 Å². The lowest BCUT2D eigenvalue weighted by Gasteiger charge is -2.34. The molecular weight excluding hydrogens is 246 g/mol. The molecule has 0 radical (unpaired) electrons. The van der Waals surface area contributed by atoms with Crippen molar-refractivity contribution in [1.82, 2.24) is 19.9 Å². The van der Waals surface area contributed by atoms with Gasteiger partial charge >= 0.3 is 0 Å². The summed E-state index contributed by atoms with van der Waals surface area (Å²) in [6, 6.07) is -0.0761. The number of aromatic nitrogens is 2. The average molecular weight is 267 g/mol. The van der Waals surface area contributed by atoms with Crippen molar-refractivity contribution in [2.45, 2.75) is 32.9 Å². The van der Waals surface area contributed by atoms with Gasteiger partial charge in [0.2, 0.25) is 11.8 Å². The van der Waals surface area contributed by atoms with Crippen LogP contribution in [0.15, 0.2) is 4.52 Å². The molecule has 0 bridgehead atoms. The molecule has 0 aromatic carbocycles. The van der Waals surface area contributed by atoms with Crippen LogP contribution < -0.4 is 5.73 Å². The van der Waals surface area contributed by atoms with Crippen molar-refractivity contribution in [2.75, 3.05) is 26.2 Å². The van der Waals surface area contributed by atoms with Crippen LogP contribution in [0.3, 0.4) is 0 Å². The van der Waals surface area contributed by atoms with Gasteiger partial charge in [0.15, 0.2) is 5.82 Å². The van der Waals surface area contributed by atoms with E-state index >= 15 is 0 Å². The third-order valence-corrected chi connectivity index (χ3v) is 3.16. The predicted molar refractivity (Wildman–Crippen MR) is 69.2 cm³/mol. The Morgan fingerprint density at radius 2 is 2.11 bits per heavy atom. The second-order valence-corrected chi connectivity index (χ2v) is 5.07. The molecule has 2 rings (SSSR count). The summed E-state index contributed by atoms with van der Waals surface area (Å²) < 4.78 is 4.94. The molecule has 2 heterocycles. The van der Waals surface area contributed by atoms with E-state index in [9.17, 15) is 4.79 Å². The zero-order valence-electron chi connectivity index (χ0n) is 11.5. The topological polar surface area (TPSA) is 88.5 Å². The molecule has 7 nitrogen and oxygen atoms in total. The fourth-order valence-corrected chi connectivity index (χ4v) is 2.17. The Balaban J connectivity index is 1.77. The van der Waals surface area contributed by atoms with Gasteiger partial charge in [-0.15, -0.1) is 0 Å². The number of hydrogen-bond donors (Lipinski definition) is 1. The van der Waals surface area contributed by atoms with Crippen molar-refractivity contribution in [3.8, 4) is 0 Å². The van der Waals surface area contributed by atoms with E-state index in [-0.39, 0.29) is 11.9 Å². The molecule has 1 aromatic heterocycles. The first-order valence-corrected chi connectivity index (χ1v) is 6.59. The second-order valence-electron chi connectivity index (χ2n) is 5.07. The summed E-state index contributed by atoms with van der Waals surface area (Å²) in [6.07, 6.45) is 0.421. The first-order valence-electron chi connectivity index (χ1n) is 6.59. The molecule has 19 heavy (non-hydrogen) atoms. The summed E-state index contributed by atoms with van der Waals surface area (Å²) in [4.78, 5) is 20.1. The number of carbonyl (C=O) groups excluding carboxylic acids is 1. The van der Waals surface area contributed by atoms with E-state index in [4.69, 9.17) is 10.3 Å². The average Bonchev–Trinajstić information content (AvgIpc) is 2.75. The lowest BCUT2D eigenvalue weighted by Crippen LogP contribution is -2.49. The molecule has 2 N–H and O–H groups in total. The van der Waals surface area contributed by atoms with Crippen molar-refractivity contribution >= 4 is 5.91 Å². The van der Waals surface area contributed by atoms with Crippen LogP contribution >= 0.6 is 0 Å². The number of nitrogens with zero attached hydrogens (tertiary/aromatic N) is 4. The normalized spacial score (nSPS) is 18.6. The highest BCUT2D eigenvalue weighted by atomic mass is 16.5. The fourth-order valence-electron chi connectivity index (χ4n) is 2.17. The molecule has 1 atom stereocenters. The first kappa shape index (κ1) is 14.0. The summed E-state index contributed by atoms with van der Waals surface area (Å²) in [5.41, 5.74) is 5.65. The van der Waals surface area contributed by atoms with E-state index in [1.54, 1.807) is 6.92 Å². The number of nitrogens with two attached hydrogens (primary N) is 1. The summed E-state index contributed by atoms with van der Waals surface area (Å²) in [5, 5.41) is 3.88. The molecule has 106 valence electrons. The summed E-state index contributed by atoms with van der Waals surface area (Å²) in [7, 11) is 0. The lowest BCUT2D eigenvalue weighted by atomic mass is 10.2. The Kier molecular flexibility index (Phi) is 4.49. The Bertz CT molecular complexity index is 424. The Morgan fingerprint density at radius 1 is 1.42 bits per heavy atom. The molecule has 1 fully saturated rings. The summed E-state index contributed by atoms with van der Waals surface area (Å²) in [5.74, 6) is 1.43. The number of hydrogen-bond acceptors (Lipinski definition) is 6. The van der Waals surface area contributed by atoms with E-state index < -0.39 is 0 Å². The smallest absolute Gasteiger partial charge is 0.224 e. The zero-order valence-corrected chi connectivity index (χ0v) is 11.5. The van der Waals surface area contributed by atoms with Crippen molar-refractivity contribution in [3.63, 3.8) is 0 Å². The molecule has 0 saturated carbocycles. The van der Waals surface area contributed by atoms with Gasteiger partial charge in [-0.3, -0.25) is 9.69 Å². The van der Waals surface area contributed by atoms with E-state index in [1.165, 1.54) is 0 Å². The zero-order chi connectivity index (χ0) is 13.8. The SMILES string of the molecule is Cc1nc(CN2CCN(C(=O)C[C@H](C)N)CC2)no1. The van der Waals surface area contributed by atoms with Gasteiger partial charge in [0.05, 0.1) is 6.54 Å². The molecule has 1 aliphatic heterocycles. The highest BCUT2D eigenvalue weighted by Crippen LogP contribution is 2.08. The van der Waals surface area contributed by atoms with Gasteiger partial charge in [-0.2, -0.15) is 4.98 Å².